The fourth-order valence-electron chi connectivity index (χ4n) is 5.74. The molecular weight excluding hydrogens is 498 g/mol. The topological polar surface area (TPSA) is 189 Å². The quantitative estimate of drug-likeness (QED) is 0.263. The maximum absolute atomic E-state index is 13.6. The van der Waals surface area contributed by atoms with E-state index in [-0.39, 0.29) is 47.3 Å². The third kappa shape index (κ3) is 3.89. The normalized spacial score (nSPS) is 31.3. The lowest BCUT2D eigenvalue weighted by atomic mass is 9.71. The molecule has 1 unspecified atom stereocenters. The van der Waals surface area contributed by atoms with Gasteiger partial charge in [0.15, 0.2) is 12.1 Å². The lowest BCUT2D eigenvalue weighted by Gasteiger charge is -2.43. The van der Waals surface area contributed by atoms with Crippen molar-refractivity contribution in [2.24, 2.45) is 5.73 Å². The third-order valence-corrected chi connectivity index (χ3v) is 7.95. The van der Waals surface area contributed by atoms with Gasteiger partial charge in [-0.2, -0.15) is 0 Å². The maximum Gasteiger partial charge on any atom is 0.202 e. The van der Waals surface area contributed by atoms with Crippen LogP contribution in [0.25, 0.3) is 0 Å². The molecule has 0 radical (unpaired) electrons. The lowest BCUT2D eigenvalue weighted by Crippen LogP contribution is -2.53. The second kappa shape index (κ2) is 9.30. The molecule has 1 heterocycles. The molecule has 1 fully saturated rings. The Hall–Kier alpha value is -3.06. The molecule has 2 aliphatic carbocycles. The van der Waals surface area contributed by atoms with Crippen molar-refractivity contribution in [1.29, 1.82) is 0 Å². The summed E-state index contributed by atoms with van der Waals surface area (Å²) in [6.07, 6.45) is -5.47. The summed E-state index contributed by atoms with van der Waals surface area (Å²) in [6.45, 7) is 3.00. The molecule has 7 N–H and O–H groups in total. The minimum atomic E-state index is -1.80. The predicted octanol–water partition coefficient (Wildman–Crippen LogP) is 0.821. The SMILES string of the molecule is COc1cccc2c1C(=O)c1c(O)c3c(c(O)c1C2=O)C[C@@](O)(C(C)O)C[C@@H]3O[C@H]1C[C@H](N)[C@H](O)[C@H](C)O1. The molecule has 1 aliphatic heterocycles. The van der Waals surface area contributed by atoms with Crippen molar-refractivity contribution in [2.45, 2.75) is 75.5 Å². The van der Waals surface area contributed by atoms with Crippen LogP contribution in [0.1, 0.15) is 75.8 Å². The number of benzene rings is 2. The molecule has 0 amide bonds. The molecule has 11 heteroatoms. The van der Waals surface area contributed by atoms with E-state index in [1.807, 2.05) is 0 Å². The Bertz CT molecular complexity index is 1310. The lowest BCUT2D eigenvalue weighted by molar-refractivity contribution is -0.250. The van der Waals surface area contributed by atoms with Crippen LogP contribution in [0.3, 0.4) is 0 Å². The van der Waals surface area contributed by atoms with E-state index >= 15 is 0 Å². The Balaban J connectivity index is 1.68. The van der Waals surface area contributed by atoms with Crippen LogP contribution in [0.4, 0.5) is 0 Å². The summed E-state index contributed by atoms with van der Waals surface area (Å²) in [5.74, 6) is -2.44. The average molecular weight is 530 g/mol. The van der Waals surface area contributed by atoms with E-state index in [1.54, 1.807) is 6.92 Å². The predicted molar refractivity (Wildman–Crippen MR) is 131 cm³/mol. The number of hydrogen-bond acceptors (Lipinski definition) is 11. The van der Waals surface area contributed by atoms with Crippen molar-refractivity contribution in [1.82, 2.24) is 0 Å². The Morgan fingerprint density at radius 2 is 1.82 bits per heavy atom. The van der Waals surface area contributed by atoms with Crippen LogP contribution < -0.4 is 10.5 Å². The zero-order valence-electron chi connectivity index (χ0n) is 21.2. The first-order valence-corrected chi connectivity index (χ1v) is 12.4. The first kappa shape index (κ1) is 26.5. The summed E-state index contributed by atoms with van der Waals surface area (Å²) in [5.41, 5.74) is 3.37. The average Bonchev–Trinajstić information content (AvgIpc) is 2.87. The van der Waals surface area contributed by atoms with Crippen LogP contribution >= 0.6 is 0 Å². The Morgan fingerprint density at radius 3 is 2.45 bits per heavy atom. The van der Waals surface area contributed by atoms with Crippen LogP contribution in [0.15, 0.2) is 18.2 Å². The highest BCUT2D eigenvalue weighted by molar-refractivity contribution is 6.31. The molecule has 1 saturated heterocycles. The molecule has 11 nitrogen and oxygen atoms in total. The van der Waals surface area contributed by atoms with E-state index in [4.69, 9.17) is 19.9 Å². The molecule has 2 aromatic rings. The summed E-state index contributed by atoms with van der Waals surface area (Å²) < 4.78 is 17.1. The molecule has 5 rings (SSSR count). The minimum Gasteiger partial charge on any atom is -0.507 e. The Morgan fingerprint density at radius 1 is 1.13 bits per heavy atom. The van der Waals surface area contributed by atoms with Gasteiger partial charge in [-0.05, 0) is 19.9 Å². The van der Waals surface area contributed by atoms with E-state index in [2.05, 4.69) is 0 Å². The molecular formula is C27H31NO10. The van der Waals surface area contributed by atoms with Crippen molar-refractivity contribution in [3.63, 3.8) is 0 Å². The number of aliphatic hydroxyl groups excluding tert-OH is 2. The largest absolute Gasteiger partial charge is 0.507 e. The van der Waals surface area contributed by atoms with Crippen LogP contribution in [-0.4, -0.2) is 80.5 Å². The molecule has 0 aromatic heterocycles. The number of aliphatic hydroxyl groups is 3. The van der Waals surface area contributed by atoms with E-state index in [1.165, 1.54) is 32.2 Å². The summed E-state index contributed by atoms with van der Waals surface area (Å²) in [5, 5.41) is 54.7. The number of ether oxygens (including phenoxy) is 3. The zero-order valence-corrected chi connectivity index (χ0v) is 21.2. The standard InChI is InChI=1S/C27H31NO10/c1-10-22(30)14(28)7-17(37-10)38-16-9-27(35,11(2)29)8-13-19(16)26(34)21-20(24(13)32)23(31)12-5-4-6-15(36-3)18(12)25(21)33/h4-6,10-11,14,16-17,22,29-30,32,34-35H,7-9,28H2,1-3H3/t10-,11?,14-,16-,17-,22+,27-/m0/s1. The van der Waals surface area contributed by atoms with Gasteiger partial charge in [-0.15, -0.1) is 0 Å². The molecule has 0 bridgehead atoms. The Kier molecular flexibility index (Phi) is 6.49. The van der Waals surface area contributed by atoms with E-state index in [9.17, 15) is 35.1 Å². The highest BCUT2D eigenvalue weighted by atomic mass is 16.7. The van der Waals surface area contributed by atoms with Gasteiger partial charge in [0.1, 0.15) is 17.2 Å². The van der Waals surface area contributed by atoms with Gasteiger partial charge in [0, 0.05) is 42.0 Å². The second-order valence-electron chi connectivity index (χ2n) is 10.3. The maximum atomic E-state index is 13.6. The van der Waals surface area contributed by atoms with Crippen LogP contribution in [0.2, 0.25) is 0 Å². The monoisotopic (exact) mass is 529 g/mol. The highest BCUT2D eigenvalue weighted by Gasteiger charge is 2.49. The number of fused-ring (bicyclic) bond motifs is 3. The van der Waals surface area contributed by atoms with Gasteiger partial charge in [0.05, 0.1) is 53.8 Å². The molecule has 3 aliphatic rings. The van der Waals surface area contributed by atoms with E-state index in [0.717, 1.165) is 0 Å². The number of aromatic hydroxyl groups is 2. The number of nitrogens with two attached hydrogens (primary N) is 1. The third-order valence-electron chi connectivity index (χ3n) is 7.95. The smallest absolute Gasteiger partial charge is 0.202 e. The first-order valence-electron chi connectivity index (χ1n) is 12.4. The van der Waals surface area contributed by atoms with Gasteiger partial charge >= 0.3 is 0 Å². The van der Waals surface area contributed by atoms with Gasteiger partial charge in [0.25, 0.3) is 0 Å². The molecule has 0 saturated carbocycles. The summed E-state index contributed by atoms with van der Waals surface area (Å²) in [4.78, 5) is 27.1. The van der Waals surface area contributed by atoms with Gasteiger partial charge in [-0.3, -0.25) is 9.59 Å². The van der Waals surface area contributed by atoms with Crippen molar-refractivity contribution >= 4 is 11.6 Å². The number of phenolic OH excluding ortho intramolecular Hbond substituents is 2. The number of rotatable bonds is 4. The Labute approximate surface area is 218 Å². The fourth-order valence-corrected chi connectivity index (χ4v) is 5.74. The van der Waals surface area contributed by atoms with Gasteiger partial charge in [-0.25, -0.2) is 0 Å². The van der Waals surface area contributed by atoms with Gasteiger partial charge in [0.2, 0.25) is 5.78 Å². The van der Waals surface area contributed by atoms with Crippen molar-refractivity contribution < 1.29 is 49.3 Å². The summed E-state index contributed by atoms with van der Waals surface area (Å²) >= 11 is 0. The number of phenols is 2. The summed E-state index contributed by atoms with van der Waals surface area (Å²) in [6, 6.07) is 3.80. The van der Waals surface area contributed by atoms with E-state index < -0.39 is 76.5 Å². The van der Waals surface area contributed by atoms with E-state index in [0.29, 0.717) is 0 Å². The van der Waals surface area contributed by atoms with Crippen molar-refractivity contribution in [2.75, 3.05) is 7.11 Å². The van der Waals surface area contributed by atoms with Crippen LogP contribution in [0.5, 0.6) is 17.2 Å². The van der Waals surface area contributed by atoms with Gasteiger partial charge in [-0.1, -0.05) is 12.1 Å². The highest BCUT2D eigenvalue weighted by Crippen LogP contribution is 2.52. The zero-order chi connectivity index (χ0) is 27.7. The molecule has 0 spiro atoms. The molecule has 2 aromatic carbocycles. The fraction of sp³-hybridized carbons (Fsp3) is 0.481. The van der Waals surface area contributed by atoms with Gasteiger partial charge < -0.3 is 45.5 Å². The van der Waals surface area contributed by atoms with Crippen molar-refractivity contribution in [3.05, 3.63) is 51.6 Å². The van der Waals surface area contributed by atoms with Crippen LogP contribution in [0, 0.1) is 0 Å². The number of carbonyl (C=O) groups excluding carboxylic acids is 2. The second-order valence-corrected chi connectivity index (χ2v) is 10.3. The molecule has 204 valence electrons. The van der Waals surface area contributed by atoms with Crippen molar-refractivity contribution in [3.8, 4) is 17.2 Å². The number of methoxy groups -OCH3 is 1. The first-order chi connectivity index (χ1) is 17.9. The molecule has 7 atom stereocenters. The number of ketones is 2. The summed E-state index contributed by atoms with van der Waals surface area (Å²) in [7, 11) is 1.35. The minimum absolute atomic E-state index is 0.00187. The number of carbonyl (C=O) groups is 2. The molecule has 38 heavy (non-hydrogen) atoms. The number of hydrogen-bond donors (Lipinski definition) is 6. The van der Waals surface area contributed by atoms with Crippen LogP contribution in [-0.2, 0) is 15.9 Å².